The zero-order valence-corrected chi connectivity index (χ0v) is 15.6. The molecule has 2 atom stereocenters. The fraction of sp³-hybridized carbons (Fsp3) is 0.381. The van der Waals surface area contributed by atoms with Gasteiger partial charge in [0.25, 0.3) is 0 Å². The fourth-order valence-electron chi connectivity index (χ4n) is 2.92. The predicted molar refractivity (Wildman–Crippen MR) is 104 cm³/mol. The van der Waals surface area contributed by atoms with Crippen LogP contribution in [0.1, 0.15) is 62.8 Å². The van der Waals surface area contributed by atoms with E-state index in [-0.39, 0.29) is 11.9 Å². The van der Waals surface area contributed by atoms with Crippen LogP contribution >= 0.6 is 0 Å². The van der Waals surface area contributed by atoms with Crippen LogP contribution in [0.4, 0.5) is 0 Å². The average Bonchev–Trinajstić information content (AvgIpc) is 3.16. The van der Waals surface area contributed by atoms with Crippen LogP contribution in [0.3, 0.4) is 0 Å². The largest absolute Gasteiger partial charge is 0.346 e. The Balaban J connectivity index is 1.55. The van der Waals surface area contributed by atoms with Gasteiger partial charge in [-0.15, -0.1) is 0 Å². The van der Waals surface area contributed by atoms with Gasteiger partial charge in [-0.05, 0) is 36.1 Å². The minimum atomic E-state index is -0.176. The minimum absolute atomic E-state index is 0.0205. The summed E-state index contributed by atoms with van der Waals surface area (Å²) in [6, 6.07) is 14.4. The molecule has 1 aromatic heterocycles. The normalized spacial score (nSPS) is 13.5. The fourth-order valence-corrected chi connectivity index (χ4v) is 2.92. The zero-order valence-electron chi connectivity index (χ0n) is 15.6. The molecule has 1 amide bonds. The number of nitrogens with one attached hydrogen (secondary N) is 2. The minimum Gasteiger partial charge on any atom is -0.346 e. The van der Waals surface area contributed by atoms with E-state index >= 15 is 0 Å². The van der Waals surface area contributed by atoms with Gasteiger partial charge >= 0.3 is 0 Å². The van der Waals surface area contributed by atoms with Gasteiger partial charge in [0.05, 0.1) is 6.04 Å². The van der Waals surface area contributed by atoms with E-state index in [0.29, 0.717) is 18.2 Å². The molecule has 5 heteroatoms. The number of nitrogens with zero attached hydrogens (tertiary/aromatic N) is 2. The molecule has 2 N–H and O–H groups in total. The smallest absolute Gasteiger partial charge is 0.220 e. The maximum Gasteiger partial charge on any atom is 0.220 e. The molecule has 0 unspecified atom stereocenters. The number of amides is 1. The Morgan fingerprint density at radius 1 is 1.15 bits per heavy atom. The number of hydrogen-bond donors (Lipinski definition) is 2. The van der Waals surface area contributed by atoms with Gasteiger partial charge in [-0.25, -0.2) is 4.98 Å². The second-order valence-corrected chi connectivity index (χ2v) is 6.86. The first-order chi connectivity index (χ1) is 12.6. The van der Waals surface area contributed by atoms with Crippen molar-refractivity contribution in [2.45, 2.75) is 52.0 Å². The Hall–Kier alpha value is -2.69. The molecule has 136 valence electrons. The van der Waals surface area contributed by atoms with E-state index < -0.39 is 0 Å². The molecule has 0 aliphatic rings. The van der Waals surface area contributed by atoms with Gasteiger partial charge < -0.3 is 5.32 Å². The summed E-state index contributed by atoms with van der Waals surface area (Å²) in [6.07, 6.45) is 2.16. The summed E-state index contributed by atoms with van der Waals surface area (Å²) >= 11 is 0. The van der Waals surface area contributed by atoms with Gasteiger partial charge in [0, 0.05) is 12.3 Å². The van der Waals surface area contributed by atoms with Gasteiger partial charge in [-0.3, -0.25) is 9.89 Å². The summed E-state index contributed by atoms with van der Waals surface area (Å²) < 4.78 is 0. The summed E-state index contributed by atoms with van der Waals surface area (Å²) in [5.41, 5.74) is 1.17. The Morgan fingerprint density at radius 3 is 2.69 bits per heavy atom. The first-order valence-corrected chi connectivity index (χ1v) is 9.26. The van der Waals surface area contributed by atoms with Crippen LogP contribution in [0.15, 0.2) is 42.5 Å². The number of aryl methyl sites for hydroxylation is 1. The molecule has 0 bridgehead atoms. The van der Waals surface area contributed by atoms with Crippen LogP contribution in [0.2, 0.25) is 0 Å². The summed E-state index contributed by atoms with van der Waals surface area (Å²) in [5.74, 6) is 1.85. The molecule has 2 aromatic carbocycles. The number of benzene rings is 2. The molecule has 0 saturated heterocycles. The maximum absolute atomic E-state index is 12.3. The average molecular weight is 350 g/mol. The van der Waals surface area contributed by atoms with Crippen molar-refractivity contribution < 1.29 is 4.79 Å². The van der Waals surface area contributed by atoms with E-state index in [0.717, 1.165) is 18.7 Å². The van der Waals surface area contributed by atoms with Crippen molar-refractivity contribution in [1.29, 1.82) is 0 Å². The van der Waals surface area contributed by atoms with E-state index in [1.165, 1.54) is 16.3 Å². The predicted octanol–water partition coefficient (Wildman–Crippen LogP) is 4.28. The lowest BCUT2D eigenvalue weighted by molar-refractivity contribution is -0.121. The second-order valence-electron chi connectivity index (χ2n) is 6.86. The summed E-state index contributed by atoms with van der Waals surface area (Å²) in [4.78, 5) is 16.8. The van der Waals surface area contributed by atoms with Crippen molar-refractivity contribution in [3.63, 3.8) is 0 Å². The summed E-state index contributed by atoms with van der Waals surface area (Å²) in [7, 11) is 0. The van der Waals surface area contributed by atoms with E-state index in [4.69, 9.17) is 0 Å². The molecule has 3 aromatic rings. The molecule has 3 rings (SSSR count). The highest BCUT2D eigenvalue weighted by molar-refractivity contribution is 5.83. The Bertz CT molecular complexity index is 886. The molecule has 0 spiro atoms. The van der Waals surface area contributed by atoms with Gasteiger partial charge in [0.2, 0.25) is 5.91 Å². The van der Waals surface area contributed by atoms with Crippen LogP contribution in [0.5, 0.6) is 0 Å². The molecule has 0 radical (unpaired) electrons. The molecule has 0 aliphatic carbocycles. The maximum atomic E-state index is 12.3. The van der Waals surface area contributed by atoms with Crippen LogP contribution < -0.4 is 5.32 Å². The number of fused-ring (bicyclic) bond motifs is 1. The first kappa shape index (κ1) is 18.1. The van der Waals surface area contributed by atoms with Crippen molar-refractivity contribution in [1.82, 2.24) is 20.5 Å². The Morgan fingerprint density at radius 2 is 1.92 bits per heavy atom. The van der Waals surface area contributed by atoms with Crippen molar-refractivity contribution in [2.75, 3.05) is 0 Å². The number of carbonyl (C=O) groups is 1. The van der Waals surface area contributed by atoms with E-state index in [9.17, 15) is 4.79 Å². The van der Waals surface area contributed by atoms with E-state index in [2.05, 4.69) is 64.7 Å². The number of aromatic nitrogens is 3. The van der Waals surface area contributed by atoms with Crippen LogP contribution in [-0.2, 0) is 11.2 Å². The highest BCUT2D eigenvalue weighted by Gasteiger charge is 2.16. The van der Waals surface area contributed by atoms with Crippen LogP contribution in [0, 0.1) is 0 Å². The lowest BCUT2D eigenvalue weighted by Crippen LogP contribution is -2.27. The third kappa shape index (κ3) is 4.28. The Labute approximate surface area is 154 Å². The van der Waals surface area contributed by atoms with E-state index in [1.54, 1.807) is 0 Å². The van der Waals surface area contributed by atoms with Crippen molar-refractivity contribution >= 4 is 16.7 Å². The quantitative estimate of drug-likeness (QED) is 0.668. The number of H-pyrrole nitrogens is 1. The van der Waals surface area contributed by atoms with Crippen molar-refractivity contribution in [3.8, 4) is 0 Å². The van der Waals surface area contributed by atoms with Gasteiger partial charge in [-0.1, -0.05) is 56.3 Å². The number of hydrogen-bond acceptors (Lipinski definition) is 3. The van der Waals surface area contributed by atoms with Crippen LogP contribution in [0.25, 0.3) is 10.8 Å². The second kappa shape index (κ2) is 8.13. The standard InChI is InChI=1S/C21H26N4O/c1-4-14(2)20-23-21(25-24-20)15(3)22-19(26)12-10-16-9-11-17-7-5-6-8-18(17)13-16/h5-9,11,13-15H,4,10,12H2,1-3H3,(H,22,26)(H,23,24,25)/t14-,15-/m0/s1. The Kier molecular flexibility index (Phi) is 5.66. The van der Waals surface area contributed by atoms with Gasteiger partial charge in [0.15, 0.2) is 5.82 Å². The van der Waals surface area contributed by atoms with Crippen LogP contribution in [-0.4, -0.2) is 21.1 Å². The molecule has 0 fully saturated rings. The molecule has 0 saturated carbocycles. The highest BCUT2D eigenvalue weighted by Crippen LogP contribution is 2.18. The van der Waals surface area contributed by atoms with Crippen molar-refractivity contribution in [2.24, 2.45) is 0 Å². The lowest BCUT2D eigenvalue weighted by atomic mass is 10.0. The van der Waals surface area contributed by atoms with Gasteiger partial charge in [-0.2, -0.15) is 5.10 Å². The third-order valence-electron chi connectivity index (χ3n) is 4.82. The zero-order chi connectivity index (χ0) is 18.5. The molecule has 0 aliphatic heterocycles. The summed E-state index contributed by atoms with van der Waals surface area (Å²) in [6.45, 7) is 6.13. The molecular formula is C21H26N4O. The lowest BCUT2D eigenvalue weighted by Gasteiger charge is -2.11. The van der Waals surface area contributed by atoms with Crippen molar-refractivity contribution in [3.05, 3.63) is 59.7 Å². The number of aromatic amines is 1. The SMILES string of the molecule is CC[C@H](C)c1n[nH]c([C@H](C)NC(=O)CCc2ccc3ccccc3c2)n1. The van der Waals surface area contributed by atoms with Gasteiger partial charge in [0.1, 0.15) is 5.82 Å². The number of rotatable bonds is 7. The molecular weight excluding hydrogens is 324 g/mol. The van der Waals surface area contributed by atoms with E-state index in [1.807, 2.05) is 19.1 Å². The topological polar surface area (TPSA) is 70.7 Å². The third-order valence-corrected chi connectivity index (χ3v) is 4.82. The monoisotopic (exact) mass is 350 g/mol. The molecule has 1 heterocycles. The highest BCUT2D eigenvalue weighted by atomic mass is 16.1. The summed E-state index contributed by atoms with van der Waals surface area (Å²) in [5, 5.41) is 12.6. The molecule has 5 nitrogen and oxygen atoms in total. The molecule has 26 heavy (non-hydrogen) atoms. The number of carbonyl (C=O) groups excluding carboxylic acids is 1. The first-order valence-electron chi connectivity index (χ1n) is 9.26.